The molecule has 1 aromatic carbocycles. The van der Waals surface area contributed by atoms with E-state index in [4.69, 9.17) is 16.3 Å². The third-order valence-corrected chi connectivity index (χ3v) is 3.88. The van der Waals surface area contributed by atoms with E-state index < -0.39 is 0 Å². The molecule has 0 bridgehead atoms. The van der Waals surface area contributed by atoms with Crippen LogP contribution < -0.4 is 5.32 Å². The van der Waals surface area contributed by atoms with E-state index in [1.54, 1.807) is 19.2 Å². The van der Waals surface area contributed by atoms with E-state index in [2.05, 4.69) is 19.2 Å². The molecule has 0 spiro atoms. The second-order valence-corrected chi connectivity index (χ2v) is 6.05. The lowest BCUT2D eigenvalue weighted by Crippen LogP contribution is -2.35. The van der Waals surface area contributed by atoms with Gasteiger partial charge in [0, 0.05) is 25.2 Å². The third kappa shape index (κ3) is 5.78. The van der Waals surface area contributed by atoms with Crippen LogP contribution in [0.3, 0.4) is 0 Å². The van der Waals surface area contributed by atoms with Gasteiger partial charge in [0.25, 0.3) is 0 Å². The summed E-state index contributed by atoms with van der Waals surface area (Å²) in [7, 11) is 1.69. The zero-order chi connectivity index (χ0) is 15.0. The number of methoxy groups -OCH3 is 1. The van der Waals surface area contributed by atoms with Gasteiger partial charge in [-0.2, -0.15) is 0 Å². The van der Waals surface area contributed by atoms with Gasteiger partial charge in [0.05, 0.1) is 6.61 Å². The monoisotopic (exact) mass is 301 g/mol. The van der Waals surface area contributed by atoms with E-state index in [0.29, 0.717) is 11.6 Å². The van der Waals surface area contributed by atoms with Gasteiger partial charge in [0.15, 0.2) is 0 Å². The van der Waals surface area contributed by atoms with Crippen molar-refractivity contribution in [2.24, 2.45) is 5.41 Å². The summed E-state index contributed by atoms with van der Waals surface area (Å²) in [5.74, 6) is -0.226. The van der Waals surface area contributed by atoms with Crippen molar-refractivity contribution in [1.82, 2.24) is 5.32 Å². The predicted octanol–water partition coefficient (Wildman–Crippen LogP) is 4.06. The highest BCUT2D eigenvalue weighted by atomic mass is 35.5. The average molecular weight is 302 g/mol. The lowest BCUT2D eigenvalue weighted by atomic mass is 9.79. The van der Waals surface area contributed by atoms with Crippen LogP contribution >= 0.6 is 11.6 Å². The molecule has 20 heavy (non-hydrogen) atoms. The number of ether oxygens (including phenoxy) is 1. The standard InChI is InChI=1S/C16H25ClFNO/c1-4-7-16(2,12-19-8-9-20-3)11-13-10-14(18)5-6-15(13)17/h5-6,10,19H,4,7-9,11-12H2,1-3H3. The first kappa shape index (κ1) is 17.4. The summed E-state index contributed by atoms with van der Waals surface area (Å²) in [6.45, 7) is 6.78. The summed E-state index contributed by atoms with van der Waals surface area (Å²) in [5.41, 5.74) is 0.955. The molecular formula is C16H25ClFNO. The highest BCUT2D eigenvalue weighted by Crippen LogP contribution is 2.31. The Morgan fingerprint density at radius 2 is 2.15 bits per heavy atom. The fraction of sp³-hybridized carbons (Fsp3) is 0.625. The van der Waals surface area contributed by atoms with E-state index in [0.717, 1.165) is 37.9 Å². The first-order valence-corrected chi connectivity index (χ1v) is 7.52. The first-order valence-electron chi connectivity index (χ1n) is 7.14. The zero-order valence-corrected chi connectivity index (χ0v) is 13.4. The minimum Gasteiger partial charge on any atom is -0.383 e. The molecule has 0 aromatic heterocycles. The van der Waals surface area contributed by atoms with Crippen LogP contribution in [-0.2, 0) is 11.2 Å². The minimum absolute atomic E-state index is 0.0694. The molecule has 1 N–H and O–H groups in total. The Hall–Kier alpha value is -0.640. The largest absolute Gasteiger partial charge is 0.383 e. The highest BCUT2D eigenvalue weighted by Gasteiger charge is 2.24. The molecule has 0 saturated carbocycles. The van der Waals surface area contributed by atoms with Gasteiger partial charge in [-0.3, -0.25) is 0 Å². The number of halogens is 2. The fourth-order valence-corrected chi connectivity index (χ4v) is 2.73. The maximum absolute atomic E-state index is 13.4. The molecule has 2 nitrogen and oxygen atoms in total. The molecule has 0 aliphatic carbocycles. The van der Waals surface area contributed by atoms with Gasteiger partial charge in [0.1, 0.15) is 5.82 Å². The van der Waals surface area contributed by atoms with Crippen molar-refractivity contribution in [3.63, 3.8) is 0 Å². The molecule has 1 unspecified atom stereocenters. The summed E-state index contributed by atoms with van der Waals surface area (Å²) in [5, 5.41) is 4.05. The van der Waals surface area contributed by atoms with Gasteiger partial charge in [-0.05, 0) is 42.0 Å². The number of hydrogen-bond donors (Lipinski definition) is 1. The molecule has 0 amide bonds. The molecule has 0 saturated heterocycles. The van der Waals surface area contributed by atoms with E-state index in [9.17, 15) is 4.39 Å². The Balaban J connectivity index is 2.71. The van der Waals surface area contributed by atoms with Crippen LogP contribution in [0.5, 0.6) is 0 Å². The summed E-state index contributed by atoms with van der Waals surface area (Å²) in [6.07, 6.45) is 2.94. The molecule has 0 aliphatic heterocycles. The van der Waals surface area contributed by atoms with Crippen molar-refractivity contribution < 1.29 is 9.13 Å². The summed E-state index contributed by atoms with van der Waals surface area (Å²) >= 11 is 6.18. The van der Waals surface area contributed by atoms with Crippen LogP contribution in [0.15, 0.2) is 18.2 Å². The summed E-state index contributed by atoms with van der Waals surface area (Å²) in [6, 6.07) is 4.59. The highest BCUT2D eigenvalue weighted by molar-refractivity contribution is 6.31. The number of hydrogen-bond acceptors (Lipinski definition) is 2. The lowest BCUT2D eigenvalue weighted by molar-refractivity contribution is 0.190. The minimum atomic E-state index is -0.226. The molecule has 114 valence electrons. The van der Waals surface area contributed by atoms with E-state index in [-0.39, 0.29) is 11.2 Å². The molecule has 0 heterocycles. The summed E-state index contributed by atoms with van der Waals surface area (Å²) in [4.78, 5) is 0. The second-order valence-electron chi connectivity index (χ2n) is 5.64. The van der Waals surface area contributed by atoms with Crippen LogP contribution in [0.1, 0.15) is 32.3 Å². The molecule has 0 fully saturated rings. The third-order valence-electron chi connectivity index (χ3n) is 3.51. The Morgan fingerprint density at radius 3 is 2.80 bits per heavy atom. The topological polar surface area (TPSA) is 21.3 Å². The van der Waals surface area contributed by atoms with Crippen molar-refractivity contribution in [3.8, 4) is 0 Å². The van der Waals surface area contributed by atoms with E-state index >= 15 is 0 Å². The van der Waals surface area contributed by atoms with Gasteiger partial charge in [-0.1, -0.05) is 31.9 Å². The quantitative estimate of drug-likeness (QED) is 0.694. The van der Waals surface area contributed by atoms with Crippen LogP contribution in [0.2, 0.25) is 5.02 Å². The van der Waals surface area contributed by atoms with Crippen LogP contribution in [0, 0.1) is 11.2 Å². The van der Waals surface area contributed by atoms with Crippen LogP contribution in [-0.4, -0.2) is 26.8 Å². The second kappa shape index (κ2) is 8.60. The fourth-order valence-electron chi connectivity index (χ4n) is 2.55. The van der Waals surface area contributed by atoms with E-state index in [1.165, 1.54) is 6.07 Å². The van der Waals surface area contributed by atoms with Crippen molar-refractivity contribution >= 4 is 11.6 Å². The van der Waals surface area contributed by atoms with Crippen molar-refractivity contribution in [2.45, 2.75) is 33.1 Å². The SMILES string of the molecule is CCCC(C)(CNCCOC)Cc1cc(F)ccc1Cl. The van der Waals surface area contributed by atoms with Gasteiger partial charge in [-0.15, -0.1) is 0 Å². The molecule has 1 aromatic rings. The normalized spacial score (nSPS) is 14.2. The summed E-state index contributed by atoms with van der Waals surface area (Å²) < 4.78 is 18.4. The van der Waals surface area contributed by atoms with Gasteiger partial charge in [0.2, 0.25) is 0 Å². The smallest absolute Gasteiger partial charge is 0.123 e. The Morgan fingerprint density at radius 1 is 1.40 bits per heavy atom. The maximum atomic E-state index is 13.4. The molecule has 4 heteroatoms. The predicted molar refractivity (Wildman–Crippen MR) is 82.9 cm³/mol. The molecule has 1 rings (SSSR count). The zero-order valence-electron chi connectivity index (χ0n) is 12.6. The molecular weight excluding hydrogens is 277 g/mol. The van der Waals surface area contributed by atoms with Gasteiger partial charge >= 0.3 is 0 Å². The lowest BCUT2D eigenvalue weighted by Gasteiger charge is -2.30. The van der Waals surface area contributed by atoms with Crippen molar-refractivity contribution in [3.05, 3.63) is 34.6 Å². The van der Waals surface area contributed by atoms with Gasteiger partial charge < -0.3 is 10.1 Å². The molecule has 1 atom stereocenters. The van der Waals surface area contributed by atoms with E-state index in [1.807, 2.05) is 0 Å². The average Bonchev–Trinajstić information content (AvgIpc) is 2.39. The first-order chi connectivity index (χ1) is 9.50. The molecule has 0 aliphatic rings. The maximum Gasteiger partial charge on any atom is 0.123 e. The number of nitrogens with one attached hydrogen (secondary N) is 1. The van der Waals surface area contributed by atoms with Crippen molar-refractivity contribution in [2.75, 3.05) is 26.8 Å². The molecule has 0 radical (unpaired) electrons. The Bertz CT molecular complexity index is 413. The van der Waals surface area contributed by atoms with Crippen LogP contribution in [0.25, 0.3) is 0 Å². The van der Waals surface area contributed by atoms with Crippen molar-refractivity contribution in [1.29, 1.82) is 0 Å². The Labute approximate surface area is 126 Å². The number of benzene rings is 1. The Kier molecular flexibility index (Phi) is 7.49. The van der Waals surface area contributed by atoms with Crippen LogP contribution in [0.4, 0.5) is 4.39 Å². The van der Waals surface area contributed by atoms with Gasteiger partial charge in [-0.25, -0.2) is 4.39 Å². The number of rotatable bonds is 9.